The van der Waals surface area contributed by atoms with Gasteiger partial charge in [-0.25, -0.2) is 0 Å². The van der Waals surface area contributed by atoms with Crippen molar-refractivity contribution in [1.29, 1.82) is 0 Å². The Labute approximate surface area is 118 Å². The molecule has 1 aliphatic heterocycles. The molecule has 6 heteroatoms. The Balaban J connectivity index is 1.82. The van der Waals surface area contributed by atoms with E-state index in [1.807, 2.05) is 19.2 Å². The molecule has 0 bridgehead atoms. The fourth-order valence-corrected chi connectivity index (χ4v) is 2.36. The summed E-state index contributed by atoms with van der Waals surface area (Å²) in [5.41, 5.74) is 2.20. The monoisotopic (exact) mass is 273 g/mol. The Morgan fingerprint density at radius 1 is 1.35 bits per heavy atom. The third-order valence-electron chi connectivity index (χ3n) is 3.38. The van der Waals surface area contributed by atoms with Gasteiger partial charge in [-0.2, -0.15) is 4.98 Å². The molecule has 1 aromatic heterocycles. The highest BCUT2D eigenvalue weighted by Crippen LogP contribution is 2.23. The predicted molar refractivity (Wildman–Crippen MR) is 77.6 cm³/mol. The average molecular weight is 273 g/mol. The molecule has 1 aromatic carbocycles. The van der Waals surface area contributed by atoms with Crippen molar-refractivity contribution in [2.45, 2.75) is 6.54 Å². The molecule has 2 heterocycles. The van der Waals surface area contributed by atoms with E-state index in [1.165, 1.54) is 5.69 Å². The maximum absolute atomic E-state index is 5.20. The number of hydrogen-bond acceptors (Lipinski definition) is 6. The lowest BCUT2D eigenvalue weighted by Gasteiger charge is -2.29. The third-order valence-corrected chi connectivity index (χ3v) is 3.38. The van der Waals surface area contributed by atoms with Crippen LogP contribution in [0.25, 0.3) is 11.4 Å². The van der Waals surface area contributed by atoms with Crippen LogP contribution in [0.5, 0.6) is 0 Å². The summed E-state index contributed by atoms with van der Waals surface area (Å²) < 4.78 is 5.20. The zero-order valence-corrected chi connectivity index (χ0v) is 11.6. The molecular weight excluding hydrogens is 254 g/mol. The number of rotatable bonds is 4. The Bertz CT molecular complexity index is 562. The Morgan fingerprint density at radius 2 is 2.20 bits per heavy atom. The third kappa shape index (κ3) is 2.81. The average Bonchev–Trinajstić information content (AvgIpc) is 2.97. The molecule has 0 amide bonds. The van der Waals surface area contributed by atoms with Crippen LogP contribution in [0.2, 0.25) is 0 Å². The van der Waals surface area contributed by atoms with Gasteiger partial charge in [0.25, 0.3) is 0 Å². The van der Waals surface area contributed by atoms with Crippen molar-refractivity contribution in [2.75, 3.05) is 38.1 Å². The second-order valence-electron chi connectivity index (χ2n) is 4.83. The second-order valence-corrected chi connectivity index (χ2v) is 4.83. The molecule has 106 valence electrons. The van der Waals surface area contributed by atoms with Crippen molar-refractivity contribution in [3.8, 4) is 11.4 Å². The minimum Gasteiger partial charge on any atom is -0.369 e. The minimum absolute atomic E-state index is 0.588. The highest BCUT2D eigenvalue weighted by Gasteiger charge is 2.13. The van der Waals surface area contributed by atoms with Crippen LogP contribution < -0.4 is 15.5 Å². The number of anilines is 1. The first-order chi connectivity index (χ1) is 9.86. The summed E-state index contributed by atoms with van der Waals surface area (Å²) in [5.74, 6) is 1.25. The maximum Gasteiger partial charge on any atom is 0.240 e. The first kappa shape index (κ1) is 13.1. The minimum atomic E-state index is 0.588. The van der Waals surface area contributed by atoms with Crippen LogP contribution in [-0.4, -0.2) is 43.4 Å². The van der Waals surface area contributed by atoms with Crippen LogP contribution in [0.4, 0.5) is 5.69 Å². The molecule has 0 unspecified atom stereocenters. The molecule has 20 heavy (non-hydrogen) atoms. The first-order valence-corrected chi connectivity index (χ1v) is 6.90. The zero-order chi connectivity index (χ0) is 13.8. The van der Waals surface area contributed by atoms with Gasteiger partial charge < -0.3 is 20.1 Å². The molecule has 2 N–H and O–H groups in total. The van der Waals surface area contributed by atoms with E-state index in [-0.39, 0.29) is 0 Å². The van der Waals surface area contributed by atoms with Crippen molar-refractivity contribution in [1.82, 2.24) is 20.8 Å². The Morgan fingerprint density at radius 3 is 3.00 bits per heavy atom. The second kappa shape index (κ2) is 6.02. The molecule has 0 saturated carbocycles. The van der Waals surface area contributed by atoms with E-state index in [0.717, 1.165) is 31.7 Å². The number of nitrogens with zero attached hydrogens (tertiary/aromatic N) is 3. The molecule has 0 radical (unpaired) electrons. The lowest BCUT2D eigenvalue weighted by molar-refractivity contribution is 0.372. The molecule has 0 spiro atoms. The van der Waals surface area contributed by atoms with Gasteiger partial charge in [0.2, 0.25) is 11.7 Å². The van der Waals surface area contributed by atoms with Crippen LogP contribution in [-0.2, 0) is 6.54 Å². The summed E-state index contributed by atoms with van der Waals surface area (Å²) >= 11 is 0. The topological polar surface area (TPSA) is 66.2 Å². The predicted octanol–water partition coefficient (Wildman–Crippen LogP) is 0.866. The molecule has 1 saturated heterocycles. The highest BCUT2D eigenvalue weighted by molar-refractivity contribution is 5.63. The van der Waals surface area contributed by atoms with Gasteiger partial charge in [0.1, 0.15) is 0 Å². The van der Waals surface area contributed by atoms with Gasteiger partial charge in [0.15, 0.2) is 0 Å². The number of piperazine rings is 1. The fraction of sp³-hybridized carbons (Fsp3) is 0.429. The van der Waals surface area contributed by atoms with Crippen LogP contribution in [0.15, 0.2) is 28.8 Å². The molecule has 1 fully saturated rings. The van der Waals surface area contributed by atoms with Crippen LogP contribution in [0.3, 0.4) is 0 Å². The summed E-state index contributed by atoms with van der Waals surface area (Å²) in [6.07, 6.45) is 0. The smallest absolute Gasteiger partial charge is 0.240 e. The van der Waals surface area contributed by atoms with Gasteiger partial charge in [0.05, 0.1) is 6.54 Å². The van der Waals surface area contributed by atoms with Crippen molar-refractivity contribution < 1.29 is 4.52 Å². The lowest BCUT2D eigenvalue weighted by atomic mass is 10.1. The Hall–Kier alpha value is -1.92. The number of hydrogen-bond donors (Lipinski definition) is 2. The number of benzene rings is 1. The standard InChI is InChI=1S/C14H19N5O/c1-15-10-13-17-14(18-20-13)11-3-2-4-12(9-11)19-7-5-16-6-8-19/h2-4,9,15-16H,5-8,10H2,1H3. The van der Waals surface area contributed by atoms with Crippen molar-refractivity contribution in [3.05, 3.63) is 30.2 Å². The SMILES string of the molecule is CNCc1nc(-c2cccc(N3CCNCC3)c2)no1. The lowest BCUT2D eigenvalue weighted by Crippen LogP contribution is -2.43. The van der Waals surface area contributed by atoms with Crippen molar-refractivity contribution >= 4 is 5.69 Å². The van der Waals surface area contributed by atoms with E-state index in [0.29, 0.717) is 18.3 Å². The normalized spacial score (nSPS) is 15.6. The van der Waals surface area contributed by atoms with E-state index >= 15 is 0 Å². The van der Waals surface area contributed by atoms with E-state index < -0.39 is 0 Å². The molecule has 1 aliphatic rings. The van der Waals surface area contributed by atoms with E-state index in [4.69, 9.17) is 4.52 Å². The van der Waals surface area contributed by atoms with Crippen molar-refractivity contribution in [2.24, 2.45) is 0 Å². The van der Waals surface area contributed by atoms with Gasteiger partial charge in [-0.15, -0.1) is 0 Å². The highest BCUT2D eigenvalue weighted by atomic mass is 16.5. The molecule has 0 atom stereocenters. The van der Waals surface area contributed by atoms with Crippen LogP contribution in [0.1, 0.15) is 5.89 Å². The summed E-state index contributed by atoms with van der Waals surface area (Å²) in [6.45, 7) is 4.70. The van der Waals surface area contributed by atoms with Gasteiger partial charge >= 0.3 is 0 Å². The zero-order valence-electron chi connectivity index (χ0n) is 11.6. The summed E-state index contributed by atoms with van der Waals surface area (Å²) in [6, 6.07) is 8.31. The van der Waals surface area contributed by atoms with E-state index in [1.54, 1.807) is 0 Å². The van der Waals surface area contributed by atoms with Gasteiger partial charge in [-0.1, -0.05) is 17.3 Å². The summed E-state index contributed by atoms with van der Waals surface area (Å²) in [4.78, 5) is 6.75. The molecule has 6 nitrogen and oxygen atoms in total. The van der Waals surface area contributed by atoms with Gasteiger partial charge in [-0.05, 0) is 19.2 Å². The molecule has 3 rings (SSSR count). The maximum atomic E-state index is 5.20. The fourth-order valence-electron chi connectivity index (χ4n) is 2.36. The summed E-state index contributed by atoms with van der Waals surface area (Å²) in [7, 11) is 1.86. The van der Waals surface area contributed by atoms with Crippen LogP contribution >= 0.6 is 0 Å². The molecular formula is C14H19N5O. The van der Waals surface area contributed by atoms with Crippen LogP contribution in [0, 0.1) is 0 Å². The molecule has 0 aliphatic carbocycles. The van der Waals surface area contributed by atoms with Gasteiger partial charge in [-0.3, -0.25) is 0 Å². The first-order valence-electron chi connectivity index (χ1n) is 6.90. The van der Waals surface area contributed by atoms with Gasteiger partial charge in [0, 0.05) is 37.4 Å². The number of aromatic nitrogens is 2. The molecule has 2 aromatic rings. The summed E-state index contributed by atoms with van der Waals surface area (Å²) in [5, 5.41) is 10.4. The number of nitrogens with one attached hydrogen (secondary N) is 2. The Kier molecular flexibility index (Phi) is 3.94. The van der Waals surface area contributed by atoms with E-state index in [2.05, 4.69) is 37.8 Å². The largest absolute Gasteiger partial charge is 0.369 e. The quantitative estimate of drug-likeness (QED) is 0.861. The van der Waals surface area contributed by atoms with E-state index in [9.17, 15) is 0 Å². The van der Waals surface area contributed by atoms with Crippen molar-refractivity contribution in [3.63, 3.8) is 0 Å².